The van der Waals surface area contributed by atoms with Crippen LogP contribution < -0.4 is 5.32 Å². The van der Waals surface area contributed by atoms with Gasteiger partial charge in [0.1, 0.15) is 4.90 Å². The summed E-state index contributed by atoms with van der Waals surface area (Å²) in [4.78, 5) is 37.7. The zero-order chi connectivity index (χ0) is 17.8. The van der Waals surface area contributed by atoms with Gasteiger partial charge in [0.2, 0.25) is 11.8 Å². The van der Waals surface area contributed by atoms with Gasteiger partial charge in [-0.05, 0) is 12.1 Å². The van der Waals surface area contributed by atoms with Gasteiger partial charge in [0.25, 0.3) is 15.9 Å². The number of nitrogens with one attached hydrogen (secondary N) is 1. The number of rotatable bonds is 3. The van der Waals surface area contributed by atoms with Crippen LogP contribution in [-0.4, -0.2) is 61.0 Å². The summed E-state index contributed by atoms with van der Waals surface area (Å²) in [5, 5.41) is 2.84. The van der Waals surface area contributed by atoms with E-state index in [4.69, 9.17) is 0 Å². The minimum Gasteiger partial charge on any atom is -0.351 e. The first-order chi connectivity index (χ1) is 11.9. The molecule has 1 N–H and O–H groups in total. The molecular formula is C16H17N3O5S. The standard InChI is InChI=1S/C16H17N3O5S/c20-14-7-10-8-18(9-12(10)17-14)15(21)5-6-19-16(22)11-3-1-2-4-13(11)25(19,23)24/h1-4,10,12H,5-9H2,(H,17,20)/t10-,12+/m0/s1. The van der Waals surface area contributed by atoms with Gasteiger partial charge in [-0.2, -0.15) is 0 Å². The van der Waals surface area contributed by atoms with Crippen LogP contribution in [0.1, 0.15) is 23.2 Å². The molecule has 1 aromatic rings. The molecule has 4 rings (SSSR count). The van der Waals surface area contributed by atoms with Crippen LogP contribution in [0.3, 0.4) is 0 Å². The third kappa shape index (κ3) is 2.50. The highest BCUT2D eigenvalue weighted by molar-refractivity contribution is 7.90. The highest BCUT2D eigenvalue weighted by Gasteiger charge is 2.43. The maximum atomic E-state index is 12.5. The minimum absolute atomic E-state index is 0.00798. The van der Waals surface area contributed by atoms with E-state index in [0.717, 1.165) is 4.31 Å². The number of hydrogen-bond donors (Lipinski definition) is 1. The van der Waals surface area contributed by atoms with E-state index >= 15 is 0 Å². The monoisotopic (exact) mass is 363 g/mol. The van der Waals surface area contributed by atoms with E-state index in [-0.39, 0.29) is 47.2 Å². The fraction of sp³-hybridized carbons (Fsp3) is 0.438. The van der Waals surface area contributed by atoms with E-state index in [2.05, 4.69) is 5.32 Å². The van der Waals surface area contributed by atoms with Crippen LogP contribution in [0.25, 0.3) is 0 Å². The quantitative estimate of drug-likeness (QED) is 0.785. The maximum Gasteiger partial charge on any atom is 0.269 e. The first-order valence-corrected chi connectivity index (χ1v) is 9.55. The largest absolute Gasteiger partial charge is 0.351 e. The first-order valence-electron chi connectivity index (χ1n) is 8.11. The second kappa shape index (κ2) is 5.55. The third-order valence-electron chi connectivity index (χ3n) is 5.03. The molecule has 3 amide bonds. The molecule has 0 saturated carbocycles. The van der Waals surface area contributed by atoms with E-state index in [1.165, 1.54) is 12.1 Å². The van der Waals surface area contributed by atoms with Gasteiger partial charge >= 0.3 is 0 Å². The third-order valence-corrected chi connectivity index (χ3v) is 6.87. The summed E-state index contributed by atoms with van der Waals surface area (Å²) in [6, 6.07) is 6.03. The Labute approximate surface area is 144 Å². The lowest BCUT2D eigenvalue weighted by Crippen LogP contribution is -2.38. The average Bonchev–Trinajstić information content (AvgIpc) is 3.16. The second-order valence-electron chi connectivity index (χ2n) is 6.57. The van der Waals surface area contributed by atoms with Crippen LogP contribution in [0, 0.1) is 5.92 Å². The van der Waals surface area contributed by atoms with Crippen LogP contribution >= 0.6 is 0 Å². The van der Waals surface area contributed by atoms with Crippen molar-refractivity contribution in [2.24, 2.45) is 5.92 Å². The van der Waals surface area contributed by atoms with Crippen LogP contribution in [0.5, 0.6) is 0 Å². The molecule has 132 valence electrons. The molecule has 3 aliphatic heterocycles. The smallest absolute Gasteiger partial charge is 0.269 e. The van der Waals surface area contributed by atoms with Gasteiger partial charge in [-0.15, -0.1) is 0 Å². The maximum absolute atomic E-state index is 12.5. The van der Waals surface area contributed by atoms with Crippen molar-refractivity contribution < 1.29 is 22.8 Å². The normalized spacial score (nSPS) is 26.6. The number of carbonyl (C=O) groups excluding carboxylic acids is 3. The van der Waals surface area contributed by atoms with Crippen LogP contribution in [-0.2, 0) is 19.6 Å². The number of sulfonamides is 1. The van der Waals surface area contributed by atoms with Gasteiger partial charge in [0, 0.05) is 38.4 Å². The van der Waals surface area contributed by atoms with E-state index in [1.54, 1.807) is 17.0 Å². The van der Waals surface area contributed by atoms with Gasteiger partial charge in [-0.3, -0.25) is 14.4 Å². The van der Waals surface area contributed by atoms with Crippen molar-refractivity contribution >= 4 is 27.7 Å². The summed E-state index contributed by atoms with van der Waals surface area (Å²) >= 11 is 0. The molecule has 0 spiro atoms. The Morgan fingerprint density at radius 3 is 2.68 bits per heavy atom. The number of benzene rings is 1. The highest BCUT2D eigenvalue weighted by Crippen LogP contribution is 2.30. The number of fused-ring (bicyclic) bond motifs is 2. The Kier molecular flexibility index (Phi) is 3.57. The molecular weight excluding hydrogens is 346 g/mol. The lowest BCUT2D eigenvalue weighted by atomic mass is 10.1. The number of nitrogens with zero attached hydrogens (tertiary/aromatic N) is 2. The molecule has 0 aliphatic carbocycles. The van der Waals surface area contributed by atoms with E-state index in [9.17, 15) is 22.8 Å². The predicted octanol–water partition coefficient (Wildman–Crippen LogP) is -0.432. The van der Waals surface area contributed by atoms with Gasteiger partial charge in [0.15, 0.2) is 0 Å². The first kappa shape index (κ1) is 16.1. The molecule has 25 heavy (non-hydrogen) atoms. The number of amides is 3. The second-order valence-corrected chi connectivity index (χ2v) is 8.40. The molecule has 0 radical (unpaired) electrons. The minimum atomic E-state index is -3.88. The Hall–Kier alpha value is -2.42. The zero-order valence-electron chi connectivity index (χ0n) is 13.3. The SMILES string of the molecule is O=C1C[C@H]2CN(C(=O)CCN3C(=O)c4ccccc4S3(=O)=O)C[C@H]2N1. The Bertz CT molecular complexity index is 866. The van der Waals surface area contributed by atoms with Crippen LogP contribution in [0.4, 0.5) is 0 Å². The molecule has 3 heterocycles. The summed E-state index contributed by atoms with van der Waals surface area (Å²) in [7, 11) is -3.88. The molecule has 1 aromatic carbocycles. The van der Waals surface area contributed by atoms with E-state index < -0.39 is 15.9 Å². The van der Waals surface area contributed by atoms with Crippen molar-refractivity contribution in [3.8, 4) is 0 Å². The predicted molar refractivity (Wildman–Crippen MR) is 85.9 cm³/mol. The fourth-order valence-corrected chi connectivity index (χ4v) is 5.33. The van der Waals surface area contributed by atoms with Crippen LogP contribution in [0.2, 0.25) is 0 Å². The van der Waals surface area contributed by atoms with Gasteiger partial charge in [-0.25, -0.2) is 12.7 Å². The van der Waals surface area contributed by atoms with Crippen molar-refractivity contribution in [2.45, 2.75) is 23.8 Å². The lowest BCUT2D eigenvalue weighted by molar-refractivity contribution is -0.131. The topological polar surface area (TPSA) is 104 Å². The van der Waals surface area contributed by atoms with Crippen molar-refractivity contribution in [2.75, 3.05) is 19.6 Å². The van der Waals surface area contributed by atoms with Crippen molar-refractivity contribution in [1.29, 1.82) is 0 Å². The summed E-state index contributed by atoms with van der Waals surface area (Å²) in [6.45, 7) is 0.756. The highest BCUT2D eigenvalue weighted by atomic mass is 32.2. The summed E-state index contributed by atoms with van der Waals surface area (Å²) in [5.74, 6) is -0.664. The number of carbonyl (C=O) groups is 3. The molecule has 0 unspecified atom stereocenters. The number of likely N-dealkylation sites (tertiary alicyclic amines) is 1. The van der Waals surface area contributed by atoms with Gasteiger partial charge in [-0.1, -0.05) is 12.1 Å². The van der Waals surface area contributed by atoms with Crippen molar-refractivity contribution in [3.05, 3.63) is 29.8 Å². The lowest BCUT2D eigenvalue weighted by Gasteiger charge is -2.20. The Morgan fingerprint density at radius 2 is 1.96 bits per heavy atom. The fourth-order valence-electron chi connectivity index (χ4n) is 3.76. The molecule has 2 saturated heterocycles. The van der Waals surface area contributed by atoms with Gasteiger partial charge in [0.05, 0.1) is 11.6 Å². The molecule has 3 aliphatic rings. The molecule has 9 heteroatoms. The van der Waals surface area contributed by atoms with Crippen LogP contribution in [0.15, 0.2) is 29.2 Å². The van der Waals surface area contributed by atoms with Crippen molar-refractivity contribution in [3.63, 3.8) is 0 Å². The summed E-state index contributed by atoms with van der Waals surface area (Å²) in [6.07, 6.45) is 0.356. The summed E-state index contributed by atoms with van der Waals surface area (Å²) in [5.41, 5.74) is 0.147. The Balaban J connectivity index is 1.42. The summed E-state index contributed by atoms with van der Waals surface area (Å²) < 4.78 is 25.7. The Morgan fingerprint density at radius 1 is 1.20 bits per heavy atom. The van der Waals surface area contributed by atoms with E-state index in [1.807, 2.05) is 0 Å². The zero-order valence-corrected chi connectivity index (χ0v) is 14.2. The molecule has 8 nitrogen and oxygen atoms in total. The molecule has 0 bridgehead atoms. The number of hydrogen-bond acceptors (Lipinski definition) is 5. The van der Waals surface area contributed by atoms with E-state index in [0.29, 0.717) is 19.5 Å². The molecule has 2 fully saturated rings. The molecule has 2 atom stereocenters. The average molecular weight is 363 g/mol. The molecule has 0 aromatic heterocycles. The van der Waals surface area contributed by atoms with Crippen molar-refractivity contribution in [1.82, 2.24) is 14.5 Å². The van der Waals surface area contributed by atoms with Gasteiger partial charge < -0.3 is 10.2 Å².